The van der Waals surface area contributed by atoms with Crippen LogP contribution in [-0.4, -0.2) is 28.0 Å². The first kappa shape index (κ1) is 13.9. The van der Waals surface area contributed by atoms with Crippen molar-refractivity contribution in [1.82, 2.24) is 10.3 Å². The summed E-state index contributed by atoms with van der Waals surface area (Å²) in [6, 6.07) is 7.04. The van der Waals surface area contributed by atoms with Gasteiger partial charge in [-0.2, -0.15) is 0 Å². The third-order valence-electron chi connectivity index (χ3n) is 4.02. The highest BCUT2D eigenvalue weighted by molar-refractivity contribution is 6.38. The highest BCUT2D eigenvalue weighted by atomic mass is 35.5. The molecule has 0 aliphatic heterocycles. The molecular formula is C15H15ClN2O3. The van der Waals surface area contributed by atoms with Crippen molar-refractivity contribution in [3.05, 3.63) is 35.0 Å². The van der Waals surface area contributed by atoms with Crippen LogP contribution < -0.4 is 5.32 Å². The molecular weight excluding hydrogens is 292 g/mol. The molecule has 0 bridgehead atoms. The first-order chi connectivity index (χ1) is 10.1. The van der Waals surface area contributed by atoms with Gasteiger partial charge in [-0.1, -0.05) is 36.2 Å². The Kier molecular flexibility index (Phi) is 3.59. The maximum absolute atomic E-state index is 12.3. The fraction of sp³-hybridized carbons (Fsp3) is 0.333. The Hall–Kier alpha value is -2.01. The molecule has 1 aliphatic rings. The first-order valence-corrected chi connectivity index (χ1v) is 7.25. The summed E-state index contributed by atoms with van der Waals surface area (Å²) < 4.78 is 0. The molecule has 3 N–H and O–H groups in total. The number of nitrogens with one attached hydrogen (secondary N) is 2. The van der Waals surface area contributed by atoms with Gasteiger partial charge in [-0.25, -0.2) is 0 Å². The Morgan fingerprint density at radius 3 is 2.76 bits per heavy atom. The number of carboxylic acids is 1. The Bertz CT molecular complexity index is 710. The maximum atomic E-state index is 12.3. The lowest BCUT2D eigenvalue weighted by Crippen LogP contribution is -2.40. The summed E-state index contributed by atoms with van der Waals surface area (Å²) in [4.78, 5) is 26.5. The Morgan fingerprint density at radius 1 is 1.29 bits per heavy atom. The molecule has 1 aliphatic carbocycles. The van der Waals surface area contributed by atoms with Gasteiger partial charge < -0.3 is 15.4 Å². The van der Waals surface area contributed by atoms with E-state index in [-0.39, 0.29) is 17.6 Å². The molecule has 110 valence electrons. The number of amides is 1. The normalized spacial score (nSPS) is 21.6. The lowest BCUT2D eigenvalue weighted by Gasteiger charge is -2.17. The SMILES string of the molecule is O=C(N[C@H]1CCC[C@H]1C(=O)O)c1[nH]c2ccccc2c1Cl. The molecule has 0 unspecified atom stereocenters. The lowest BCUT2D eigenvalue weighted by molar-refractivity contribution is -0.142. The topological polar surface area (TPSA) is 82.2 Å². The molecule has 1 heterocycles. The van der Waals surface area contributed by atoms with Gasteiger partial charge in [0.1, 0.15) is 5.69 Å². The van der Waals surface area contributed by atoms with Gasteiger partial charge in [0.05, 0.1) is 10.9 Å². The van der Waals surface area contributed by atoms with Crippen molar-refractivity contribution >= 4 is 34.4 Å². The second kappa shape index (κ2) is 5.41. The van der Waals surface area contributed by atoms with Crippen molar-refractivity contribution in [1.29, 1.82) is 0 Å². The number of halogens is 1. The van der Waals surface area contributed by atoms with Crippen LogP contribution in [0.15, 0.2) is 24.3 Å². The van der Waals surface area contributed by atoms with E-state index in [9.17, 15) is 9.59 Å². The van der Waals surface area contributed by atoms with Crippen LogP contribution in [0, 0.1) is 5.92 Å². The van der Waals surface area contributed by atoms with Crippen LogP contribution in [0.2, 0.25) is 5.02 Å². The van der Waals surface area contributed by atoms with Gasteiger partial charge in [0.2, 0.25) is 0 Å². The van der Waals surface area contributed by atoms with Gasteiger partial charge in [0.15, 0.2) is 0 Å². The lowest BCUT2D eigenvalue weighted by atomic mass is 10.0. The summed E-state index contributed by atoms with van der Waals surface area (Å²) in [5, 5.41) is 13.1. The van der Waals surface area contributed by atoms with Gasteiger partial charge in [0.25, 0.3) is 5.91 Å². The average Bonchev–Trinajstić information content (AvgIpc) is 3.04. The van der Waals surface area contributed by atoms with Crippen molar-refractivity contribution in [2.45, 2.75) is 25.3 Å². The number of aliphatic carboxylic acids is 1. The molecule has 1 saturated carbocycles. The third-order valence-corrected chi connectivity index (χ3v) is 4.41. The Morgan fingerprint density at radius 2 is 2.05 bits per heavy atom. The van der Waals surface area contributed by atoms with E-state index in [1.807, 2.05) is 24.3 Å². The van der Waals surface area contributed by atoms with Crippen molar-refractivity contribution in [3.8, 4) is 0 Å². The number of hydrogen-bond donors (Lipinski definition) is 3. The molecule has 0 radical (unpaired) electrons. The van der Waals surface area contributed by atoms with E-state index in [4.69, 9.17) is 16.7 Å². The van der Waals surface area contributed by atoms with Gasteiger partial charge in [-0.15, -0.1) is 0 Å². The molecule has 1 aromatic heterocycles. The highest BCUT2D eigenvalue weighted by Crippen LogP contribution is 2.29. The fourth-order valence-corrected chi connectivity index (χ4v) is 3.23. The molecule has 1 amide bonds. The minimum atomic E-state index is -0.861. The van der Waals surface area contributed by atoms with E-state index in [1.54, 1.807) is 0 Å². The standard InChI is InChI=1S/C15H15ClN2O3/c16-12-8-4-1-2-6-10(8)17-13(12)14(19)18-11-7-3-5-9(11)15(20)21/h1-2,4,6,9,11,17H,3,5,7H2,(H,18,19)(H,20,21)/t9-,11+/m1/s1. The summed E-state index contributed by atoms with van der Waals surface area (Å²) in [5.74, 6) is -1.73. The predicted octanol–water partition coefficient (Wildman–Crippen LogP) is 2.80. The van der Waals surface area contributed by atoms with E-state index in [0.717, 1.165) is 17.3 Å². The quantitative estimate of drug-likeness (QED) is 0.815. The van der Waals surface area contributed by atoms with Gasteiger partial charge in [0, 0.05) is 16.9 Å². The maximum Gasteiger partial charge on any atom is 0.308 e. The van der Waals surface area contributed by atoms with Gasteiger partial charge in [-0.3, -0.25) is 9.59 Å². The third kappa shape index (κ3) is 2.49. The van der Waals surface area contributed by atoms with E-state index in [1.165, 1.54) is 0 Å². The molecule has 21 heavy (non-hydrogen) atoms. The molecule has 6 heteroatoms. The Balaban J connectivity index is 1.84. The van der Waals surface area contributed by atoms with Gasteiger partial charge in [-0.05, 0) is 18.9 Å². The van der Waals surface area contributed by atoms with Gasteiger partial charge >= 0.3 is 5.97 Å². The minimum absolute atomic E-state index is 0.286. The zero-order valence-corrected chi connectivity index (χ0v) is 12.0. The molecule has 1 aromatic carbocycles. The molecule has 2 atom stereocenters. The number of benzene rings is 1. The van der Waals surface area contributed by atoms with Crippen molar-refractivity contribution in [2.24, 2.45) is 5.92 Å². The molecule has 0 saturated heterocycles. The number of fused-ring (bicyclic) bond motifs is 1. The second-order valence-corrected chi connectivity index (χ2v) is 5.69. The summed E-state index contributed by atoms with van der Waals surface area (Å²) in [6.45, 7) is 0. The Labute approximate surface area is 126 Å². The zero-order valence-electron chi connectivity index (χ0n) is 11.2. The summed E-state index contributed by atoms with van der Waals surface area (Å²) in [6.07, 6.45) is 2.09. The number of hydrogen-bond acceptors (Lipinski definition) is 2. The minimum Gasteiger partial charge on any atom is -0.481 e. The molecule has 5 nitrogen and oxygen atoms in total. The molecule has 2 aromatic rings. The number of para-hydroxylation sites is 1. The van der Waals surface area contributed by atoms with E-state index < -0.39 is 11.9 Å². The number of carbonyl (C=O) groups is 2. The van der Waals surface area contributed by atoms with Crippen LogP contribution in [0.3, 0.4) is 0 Å². The number of H-pyrrole nitrogens is 1. The van der Waals surface area contributed by atoms with Crippen LogP contribution in [0.1, 0.15) is 29.8 Å². The molecule has 1 fully saturated rings. The number of aromatic amines is 1. The van der Waals surface area contributed by atoms with Crippen LogP contribution >= 0.6 is 11.6 Å². The van der Waals surface area contributed by atoms with Crippen molar-refractivity contribution < 1.29 is 14.7 Å². The average molecular weight is 307 g/mol. The van der Waals surface area contributed by atoms with Crippen LogP contribution in [0.5, 0.6) is 0 Å². The predicted molar refractivity (Wildman–Crippen MR) is 79.5 cm³/mol. The summed E-state index contributed by atoms with van der Waals surface area (Å²) >= 11 is 6.23. The van der Waals surface area contributed by atoms with E-state index in [2.05, 4.69) is 10.3 Å². The first-order valence-electron chi connectivity index (χ1n) is 6.88. The fourth-order valence-electron chi connectivity index (χ4n) is 2.93. The van der Waals surface area contributed by atoms with E-state index in [0.29, 0.717) is 17.9 Å². The molecule has 3 rings (SSSR count). The largest absolute Gasteiger partial charge is 0.481 e. The number of carbonyl (C=O) groups excluding carboxylic acids is 1. The van der Waals surface area contributed by atoms with Crippen molar-refractivity contribution in [3.63, 3.8) is 0 Å². The van der Waals surface area contributed by atoms with Crippen LogP contribution in [0.25, 0.3) is 10.9 Å². The number of rotatable bonds is 3. The highest BCUT2D eigenvalue weighted by Gasteiger charge is 2.34. The smallest absolute Gasteiger partial charge is 0.308 e. The molecule has 0 spiro atoms. The summed E-state index contributed by atoms with van der Waals surface area (Å²) in [5.41, 5.74) is 1.07. The second-order valence-electron chi connectivity index (χ2n) is 5.32. The monoisotopic (exact) mass is 306 g/mol. The number of aromatic nitrogens is 1. The van der Waals surface area contributed by atoms with Crippen LogP contribution in [0.4, 0.5) is 0 Å². The van der Waals surface area contributed by atoms with Crippen molar-refractivity contribution in [2.75, 3.05) is 0 Å². The van der Waals surface area contributed by atoms with Crippen LogP contribution in [-0.2, 0) is 4.79 Å². The van der Waals surface area contributed by atoms with E-state index >= 15 is 0 Å². The summed E-state index contributed by atoms with van der Waals surface area (Å²) in [7, 11) is 0. The zero-order chi connectivity index (χ0) is 15.0. The number of carboxylic acid groups (broad SMARTS) is 1.